The lowest BCUT2D eigenvalue weighted by Gasteiger charge is -2.33. The van der Waals surface area contributed by atoms with Gasteiger partial charge in [-0.25, -0.2) is 0 Å². The molecule has 2 bridgehead atoms. The lowest BCUT2D eigenvalue weighted by molar-refractivity contribution is -0.157. The summed E-state index contributed by atoms with van der Waals surface area (Å²) in [7, 11) is 0. The topological polar surface area (TPSA) is 84.9 Å². The number of esters is 1. The zero-order valence-electron chi connectivity index (χ0n) is 19.3. The molecule has 3 heterocycles. The van der Waals surface area contributed by atoms with Crippen LogP contribution in [0.5, 0.6) is 0 Å². The van der Waals surface area contributed by atoms with Gasteiger partial charge in [0.1, 0.15) is 17.6 Å². The van der Waals surface area contributed by atoms with Crippen molar-refractivity contribution in [2.75, 3.05) is 6.61 Å². The molecule has 2 amide bonds. The first-order valence-corrected chi connectivity index (χ1v) is 11.6. The maximum Gasteiger partial charge on any atom is 0.313 e. The molecule has 3 aliphatic rings. The number of likely N-dealkylation sites (tertiary alicyclic amines) is 1. The van der Waals surface area contributed by atoms with Crippen molar-refractivity contribution in [3.05, 3.63) is 83.9 Å². The minimum Gasteiger partial charge on any atom is -0.466 e. The molecule has 34 heavy (non-hydrogen) atoms. The summed E-state index contributed by atoms with van der Waals surface area (Å²) in [5.74, 6) is -2.68. The van der Waals surface area contributed by atoms with Gasteiger partial charge in [0.2, 0.25) is 11.8 Å². The van der Waals surface area contributed by atoms with Gasteiger partial charge in [0, 0.05) is 13.1 Å². The first kappa shape index (κ1) is 22.3. The van der Waals surface area contributed by atoms with Crippen molar-refractivity contribution in [2.45, 2.75) is 44.2 Å². The summed E-state index contributed by atoms with van der Waals surface area (Å²) < 4.78 is 11.8. The summed E-state index contributed by atoms with van der Waals surface area (Å²) in [5.41, 5.74) is -0.375. The number of hydrogen-bond donors (Lipinski definition) is 1. The lowest BCUT2D eigenvalue weighted by Crippen LogP contribution is -2.54. The molecule has 2 aromatic carbocycles. The fourth-order valence-electron chi connectivity index (χ4n) is 5.65. The third-order valence-corrected chi connectivity index (χ3v) is 7.09. The Hall–Kier alpha value is -3.45. The van der Waals surface area contributed by atoms with Crippen LogP contribution in [0.1, 0.15) is 25.0 Å². The third-order valence-electron chi connectivity index (χ3n) is 7.09. The molecule has 7 heteroatoms. The fourth-order valence-corrected chi connectivity index (χ4v) is 5.65. The van der Waals surface area contributed by atoms with Crippen molar-refractivity contribution in [1.29, 1.82) is 0 Å². The molecule has 0 aromatic heterocycles. The number of hydrogen-bond acceptors (Lipinski definition) is 5. The molecule has 1 N–H and O–H groups in total. The first-order chi connectivity index (χ1) is 16.4. The van der Waals surface area contributed by atoms with Gasteiger partial charge in [0.05, 0.1) is 18.1 Å². The van der Waals surface area contributed by atoms with E-state index in [4.69, 9.17) is 9.47 Å². The second kappa shape index (κ2) is 8.40. The van der Waals surface area contributed by atoms with Crippen molar-refractivity contribution in [2.24, 2.45) is 11.8 Å². The number of fused-ring (bicyclic) bond motifs is 1. The molecule has 1 unspecified atom stereocenters. The Morgan fingerprint density at radius 3 is 2.32 bits per heavy atom. The number of nitrogens with zero attached hydrogens (tertiary/aromatic N) is 1. The molecule has 0 saturated carbocycles. The van der Waals surface area contributed by atoms with Gasteiger partial charge in [-0.15, -0.1) is 0 Å². The zero-order valence-corrected chi connectivity index (χ0v) is 19.3. The Bertz CT molecular complexity index is 1130. The monoisotopic (exact) mass is 460 g/mol. The number of amides is 2. The molecule has 2 fully saturated rings. The van der Waals surface area contributed by atoms with E-state index in [1.54, 1.807) is 18.7 Å². The highest BCUT2D eigenvalue weighted by Crippen LogP contribution is 2.60. The van der Waals surface area contributed by atoms with E-state index in [0.717, 1.165) is 11.1 Å². The van der Waals surface area contributed by atoms with E-state index in [-0.39, 0.29) is 25.0 Å². The molecule has 5 rings (SSSR count). The summed E-state index contributed by atoms with van der Waals surface area (Å²) in [6, 6.07) is 18.2. The van der Waals surface area contributed by atoms with Gasteiger partial charge >= 0.3 is 5.97 Å². The molecule has 3 aliphatic heterocycles. The average molecular weight is 461 g/mol. The predicted molar refractivity (Wildman–Crippen MR) is 124 cm³/mol. The van der Waals surface area contributed by atoms with E-state index in [1.165, 1.54) is 0 Å². The molecule has 1 spiro atoms. The van der Waals surface area contributed by atoms with Crippen LogP contribution in [0.25, 0.3) is 0 Å². The maximum atomic E-state index is 13.9. The summed E-state index contributed by atoms with van der Waals surface area (Å²) in [6.07, 6.45) is 3.62. The molecule has 5 atom stereocenters. The van der Waals surface area contributed by atoms with Gasteiger partial charge in [-0.2, -0.15) is 0 Å². The van der Waals surface area contributed by atoms with Gasteiger partial charge in [-0.3, -0.25) is 14.4 Å². The SMILES string of the molecule is CCOC(=O)[C@H]1[C@H]2C(=O)N(Cc3ccccc3)C(C(=O)NCc3ccccc3)[C@]23C=C[C@@]1(C)O3. The second-order valence-electron chi connectivity index (χ2n) is 9.24. The van der Waals surface area contributed by atoms with E-state index in [1.807, 2.05) is 72.8 Å². The van der Waals surface area contributed by atoms with E-state index in [9.17, 15) is 14.4 Å². The summed E-state index contributed by atoms with van der Waals surface area (Å²) in [4.78, 5) is 42.0. The van der Waals surface area contributed by atoms with Crippen molar-refractivity contribution >= 4 is 17.8 Å². The number of nitrogens with one attached hydrogen (secondary N) is 1. The quantitative estimate of drug-likeness (QED) is 0.507. The van der Waals surface area contributed by atoms with Gasteiger partial charge in [-0.05, 0) is 25.0 Å². The third kappa shape index (κ3) is 3.42. The maximum absolute atomic E-state index is 13.9. The van der Waals surface area contributed by atoms with Crippen LogP contribution in [0.3, 0.4) is 0 Å². The van der Waals surface area contributed by atoms with Crippen molar-refractivity contribution in [1.82, 2.24) is 10.2 Å². The van der Waals surface area contributed by atoms with Crippen LogP contribution in [-0.2, 0) is 36.9 Å². The molecule has 0 aliphatic carbocycles. The number of carbonyl (C=O) groups excluding carboxylic acids is 3. The number of rotatable bonds is 7. The highest BCUT2D eigenvalue weighted by molar-refractivity contribution is 5.99. The fraction of sp³-hybridized carbons (Fsp3) is 0.370. The van der Waals surface area contributed by atoms with Gasteiger partial charge in [-0.1, -0.05) is 72.8 Å². The van der Waals surface area contributed by atoms with Crippen LogP contribution >= 0.6 is 0 Å². The zero-order chi connectivity index (χ0) is 23.9. The van der Waals surface area contributed by atoms with Crippen LogP contribution in [0.2, 0.25) is 0 Å². The van der Waals surface area contributed by atoms with Crippen LogP contribution in [0, 0.1) is 11.8 Å². The predicted octanol–water partition coefficient (Wildman–Crippen LogP) is 2.61. The molecule has 0 radical (unpaired) electrons. The lowest BCUT2D eigenvalue weighted by atomic mass is 9.70. The molecule has 2 saturated heterocycles. The Labute approximate surface area is 198 Å². The highest BCUT2D eigenvalue weighted by Gasteiger charge is 2.76. The van der Waals surface area contributed by atoms with Crippen LogP contribution in [-0.4, -0.2) is 46.5 Å². The van der Waals surface area contributed by atoms with Crippen molar-refractivity contribution < 1.29 is 23.9 Å². The van der Waals surface area contributed by atoms with Gasteiger partial charge in [0.15, 0.2) is 0 Å². The molecular formula is C27H28N2O5. The van der Waals surface area contributed by atoms with Gasteiger partial charge < -0.3 is 19.7 Å². The second-order valence-corrected chi connectivity index (χ2v) is 9.24. The van der Waals surface area contributed by atoms with E-state index < -0.39 is 35.0 Å². The summed E-state index contributed by atoms with van der Waals surface area (Å²) >= 11 is 0. The summed E-state index contributed by atoms with van der Waals surface area (Å²) in [6.45, 7) is 4.29. The minimum absolute atomic E-state index is 0.206. The standard InChI is InChI=1S/C27H28N2O5/c1-3-33-25(32)21-20-24(31)29(17-19-12-8-5-9-13-19)22(27(20)15-14-26(21,2)34-27)23(30)28-16-18-10-6-4-7-11-18/h4-15,20-22H,3,16-17H2,1-2H3,(H,28,30)/t20-,21+,22?,26+,27-/m0/s1. The Morgan fingerprint density at radius 2 is 1.68 bits per heavy atom. The summed E-state index contributed by atoms with van der Waals surface area (Å²) in [5, 5.41) is 2.99. The normalized spacial score (nSPS) is 30.9. The van der Waals surface area contributed by atoms with Crippen LogP contribution in [0.15, 0.2) is 72.8 Å². The van der Waals surface area contributed by atoms with Crippen LogP contribution < -0.4 is 5.32 Å². The van der Waals surface area contributed by atoms with Crippen LogP contribution in [0.4, 0.5) is 0 Å². The Kier molecular flexibility index (Phi) is 5.52. The highest BCUT2D eigenvalue weighted by atomic mass is 16.6. The van der Waals surface area contributed by atoms with E-state index in [0.29, 0.717) is 6.54 Å². The smallest absolute Gasteiger partial charge is 0.313 e. The Balaban J connectivity index is 1.51. The number of benzene rings is 2. The minimum atomic E-state index is -1.22. The number of carbonyl (C=O) groups is 3. The molecule has 176 valence electrons. The largest absolute Gasteiger partial charge is 0.466 e. The van der Waals surface area contributed by atoms with Crippen molar-refractivity contribution in [3.8, 4) is 0 Å². The van der Waals surface area contributed by atoms with E-state index in [2.05, 4.69) is 5.32 Å². The molecule has 2 aromatic rings. The van der Waals surface area contributed by atoms with Gasteiger partial charge in [0.25, 0.3) is 0 Å². The molecule has 7 nitrogen and oxygen atoms in total. The van der Waals surface area contributed by atoms with Crippen molar-refractivity contribution in [3.63, 3.8) is 0 Å². The van der Waals surface area contributed by atoms with E-state index >= 15 is 0 Å². The first-order valence-electron chi connectivity index (χ1n) is 11.6. The number of ether oxygens (including phenoxy) is 2. The Morgan fingerprint density at radius 1 is 1.03 bits per heavy atom. The molecular weight excluding hydrogens is 432 g/mol. The average Bonchev–Trinajstić information content (AvgIpc) is 3.40.